The third kappa shape index (κ3) is 4.85. The Labute approximate surface area is 199 Å². The quantitative estimate of drug-likeness (QED) is 0.492. The van der Waals surface area contributed by atoms with Crippen molar-refractivity contribution in [2.24, 2.45) is 5.73 Å². The van der Waals surface area contributed by atoms with E-state index in [2.05, 4.69) is 10.4 Å². The molecule has 1 aromatic heterocycles. The number of carbonyl (C=O) groups excluding carboxylic acids is 2. The van der Waals surface area contributed by atoms with Crippen molar-refractivity contribution in [1.29, 1.82) is 0 Å². The second kappa shape index (κ2) is 9.41. The van der Waals surface area contributed by atoms with Gasteiger partial charge < -0.3 is 21.5 Å². The normalized spacial score (nSPS) is 17.2. The summed E-state index contributed by atoms with van der Waals surface area (Å²) in [5.41, 5.74) is 13.5. The van der Waals surface area contributed by atoms with E-state index in [9.17, 15) is 22.8 Å². The Hall–Kier alpha value is -3.86. The summed E-state index contributed by atoms with van der Waals surface area (Å²) in [7, 11) is 0. The largest absolute Gasteiger partial charge is 0.383 e. The van der Waals surface area contributed by atoms with Crippen LogP contribution in [-0.4, -0.2) is 40.7 Å². The van der Waals surface area contributed by atoms with Crippen LogP contribution in [0, 0.1) is 12.7 Å². The Balaban J connectivity index is 1.56. The van der Waals surface area contributed by atoms with Crippen LogP contribution in [-0.2, 0) is 11.3 Å². The predicted molar refractivity (Wildman–Crippen MR) is 122 cm³/mol. The number of carbonyl (C=O) groups is 2. The number of amides is 2. The highest BCUT2D eigenvalue weighted by Crippen LogP contribution is 2.39. The minimum atomic E-state index is -3.22. The molecule has 35 heavy (non-hydrogen) atoms. The molecular weight excluding hydrogens is 463 g/mol. The fraction of sp³-hybridized carbons (Fsp3) is 0.292. The number of hydrogen-bond acceptors (Lipinski definition) is 5. The van der Waals surface area contributed by atoms with Gasteiger partial charge in [0.25, 0.3) is 17.7 Å². The van der Waals surface area contributed by atoms with Crippen molar-refractivity contribution in [2.75, 3.05) is 18.9 Å². The molecule has 1 fully saturated rings. The molecule has 0 aliphatic carbocycles. The van der Waals surface area contributed by atoms with Gasteiger partial charge in [-0.3, -0.25) is 9.59 Å². The Kier molecular flexibility index (Phi) is 6.53. The number of nitrogen functional groups attached to an aromatic ring is 1. The van der Waals surface area contributed by atoms with Crippen molar-refractivity contribution >= 4 is 17.6 Å². The number of aromatic nitrogens is 2. The van der Waals surface area contributed by atoms with Crippen LogP contribution in [0.25, 0.3) is 11.3 Å². The van der Waals surface area contributed by atoms with Crippen molar-refractivity contribution in [1.82, 2.24) is 15.1 Å². The molecule has 2 amide bonds. The number of anilines is 1. The van der Waals surface area contributed by atoms with Crippen LogP contribution >= 0.6 is 0 Å². The minimum absolute atomic E-state index is 0.0278. The van der Waals surface area contributed by atoms with Gasteiger partial charge in [-0.25, -0.2) is 17.9 Å². The zero-order valence-electron chi connectivity index (χ0n) is 18.9. The summed E-state index contributed by atoms with van der Waals surface area (Å²) in [5, 5.41) is 6.95. The van der Waals surface area contributed by atoms with Crippen molar-refractivity contribution in [3.05, 3.63) is 70.5 Å². The number of rotatable bonds is 6. The lowest BCUT2D eigenvalue weighted by atomic mass is 10.0. The number of hydrogen-bond donors (Lipinski definition) is 3. The van der Waals surface area contributed by atoms with Gasteiger partial charge in [0.15, 0.2) is 0 Å². The maximum atomic E-state index is 14.4. The van der Waals surface area contributed by atoms with E-state index in [1.807, 2.05) is 0 Å². The van der Waals surface area contributed by atoms with Gasteiger partial charge >= 0.3 is 0 Å². The SMILES string of the molecule is Cc1ccc(F)cc1C(=O)NCc1ccc(-c2nn(C3CCOCC3(F)F)c(N)c2C(N)=O)cc1. The first-order chi connectivity index (χ1) is 16.6. The summed E-state index contributed by atoms with van der Waals surface area (Å²) in [6.45, 7) is 1.20. The monoisotopic (exact) mass is 487 g/mol. The molecule has 2 heterocycles. The summed E-state index contributed by atoms with van der Waals surface area (Å²) in [5.74, 6) is -5.27. The highest BCUT2D eigenvalue weighted by Gasteiger charge is 2.46. The lowest BCUT2D eigenvalue weighted by Gasteiger charge is -2.31. The standard InChI is InChI=1S/C24H24F3N5O3/c1-13-2-7-16(25)10-17(13)23(34)30-11-14-3-5-15(6-4-14)20-19(22(29)33)21(28)32(31-20)18-8-9-35-12-24(18,26)27/h2-7,10,18H,8-9,11-12,28H2,1H3,(H2,29,33)(H,30,34). The molecule has 4 rings (SSSR count). The molecule has 5 N–H and O–H groups in total. The number of primary amides is 1. The van der Waals surface area contributed by atoms with Crippen molar-refractivity contribution in [3.63, 3.8) is 0 Å². The molecule has 8 nitrogen and oxygen atoms in total. The van der Waals surface area contributed by atoms with E-state index in [1.165, 1.54) is 18.2 Å². The molecule has 0 radical (unpaired) electrons. The zero-order chi connectivity index (χ0) is 25.3. The second-order valence-corrected chi connectivity index (χ2v) is 8.37. The Morgan fingerprint density at radius 1 is 1.23 bits per heavy atom. The fourth-order valence-corrected chi connectivity index (χ4v) is 4.04. The molecule has 2 aromatic carbocycles. The fourth-order valence-electron chi connectivity index (χ4n) is 4.04. The number of alkyl halides is 2. The van der Waals surface area contributed by atoms with E-state index >= 15 is 0 Å². The van der Waals surface area contributed by atoms with E-state index in [0.29, 0.717) is 16.7 Å². The third-order valence-corrected chi connectivity index (χ3v) is 5.93. The molecule has 1 aliphatic heterocycles. The molecule has 3 aromatic rings. The van der Waals surface area contributed by atoms with Gasteiger partial charge in [-0.2, -0.15) is 5.10 Å². The van der Waals surface area contributed by atoms with Gasteiger partial charge in [0.05, 0.1) is 0 Å². The van der Waals surface area contributed by atoms with Crippen molar-refractivity contribution in [3.8, 4) is 11.3 Å². The molecule has 0 spiro atoms. The summed E-state index contributed by atoms with van der Waals surface area (Å²) in [6, 6.07) is 9.20. The first-order valence-corrected chi connectivity index (χ1v) is 10.9. The summed E-state index contributed by atoms with van der Waals surface area (Å²) in [4.78, 5) is 24.5. The highest BCUT2D eigenvalue weighted by molar-refractivity contribution is 6.03. The van der Waals surface area contributed by atoms with Crippen LogP contribution in [0.4, 0.5) is 19.0 Å². The number of ether oxygens (including phenoxy) is 1. The minimum Gasteiger partial charge on any atom is -0.383 e. The maximum absolute atomic E-state index is 14.4. The number of halogens is 3. The summed E-state index contributed by atoms with van der Waals surface area (Å²) >= 11 is 0. The number of benzene rings is 2. The third-order valence-electron chi connectivity index (χ3n) is 5.93. The molecule has 184 valence electrons. The first kappa shape index (κ1) is 24.3. The first-order valence-electron chi connectivity index (χ1n) is 10.9. The Morgan fingerprint density at radius 2 is 1.94 bits per heavy atom. The molecule has 1 saturated heterocycles. The van der Waals surface area contributed by atoms with Gasteiger partial charge in [0, 0.05) is 24.3 Å². The van der Waals surface area contributed by atoms with Gasteiger partial charge in [-0.05, 0) is 36.6 Å². The van der Waals surface area contributed by atoms with Crippen molar-refractivity contribution in [2.45, 2.75) is 31.9 Å². The predicted octanol–water partition coefficient (Wildman–Crippen LogP) is 3.21. The van der Waals surface area contributed by atoms with Crippen LogP contribution in [0.1, 0.15) is 44.3 Å². The molecule has 1 aliphatic rings. The number of nitrogens with two attached hydrogens (primary N) is 2. The van der Waals surface area contributed by atoms with Gasteiger partial charge in [-0.1, -0.05) is 30.3 Å². The van der Waals surface area contributed by atoms with E-state index < -0.39 is 36.2 Å². The van der Waals surface area contributed by atoms with Crippen LogP contribution in [0.3, 0.4) is 0 Å². The molecule has 0 bridgehead atoms. The zero-order valence-corrected chi connectivity index (χ0v) is 18.9. The number of nitrogens with zero attached hydrogens (tertiary/aromatic N) is 2. The molecular formula is C24H24F3N5O3. The Bertz CT molecular complexity index is 1270. The van der Waals surface area contributed by atoms with Gasteiger partial charge in [-0.15, -0.1) is 0 Å². The molecule has 11 heteroatoms. The average molecular weight is 487 g/mol. The summed E-state index contributed by atoms with van der Waals surface area (Å²) < 4.78 is 48.2. The highest BCUT2D eigenvalue weighted by atomic mass is 19.3. The number of aryl methyl sites for hydroxylation is 1. The van der Waals surface area contributed by atoms with Crippen LogP contribution in [0.2, 0.25) is 0 Å². The molecule has 0 saturated carbocycles. The molecule has 1 unspecified atom stereocenters. The van der Waals surface area contributed by atoms with E-state index in [0.717, 1.165) is 4.68 Å². The smallest absolute Gasteiger partial charge is 0.293 e. The van der Waals surface area contributed by atoms with Crippen LogP contribution < -0.4 is 16.8 Å². The van der Waals surface area contributed by atoms with Crippen LogP contribution in [0.15, 0.2) is 42.5 Å². The molecule has 1 atom stereocenters. The summed E-state index contributed by atoms with van der Waals surface area (Å²) in [6.07, 6.45) is -0.0278. The van der Waals surface area contributed by atoms with Gasteiger partial charge in [0.2, 0.25) is 0 Å². The van der Waals surface area contributed by atoms with E-state index in [-0.39, 0.29) is 42.2 Å². The number of nitrogens with one attached hydrogen (secondary N) is 1. The Morgan fingerprint density at radius 3 is 2.60 bits per heavy atom. The average Bonchev–Trinajstić information content (AvgIpc) is 3.16. The van der Waals surface area contributed by atoms with E-state index in [1.54, 1.807) is 31.2 Å². The van der Waals surface area contributed by atoms with Crippen molar-refractivity contribution < 1.29 is 27.5 Å². The lowest BCUT2D eigenvalue weighted by Crippen LogP contribution is -2.41. The van der Waals surface area contributed by atoms with E-state index in [4.69, 9.17) is 16.2 Å². The topological polar surface area (TPSA) is 125 Å². The lowest BCUT2D eigenvalue weighted by molar-refractivity contribution is -0.149. The van der Waals surface area contributed by atoms with Gasteiger partial charge in [0.1, 0.15) is 35.5 Å². The maximum Gasteiger partial charge on any atom is 0.293 e. The van der Waals surface area contributed by atoms with Crippen LogP contribution in [0.5, 0.6) is 0 Å². The second-order valence-electron chi connectivity index (χ2n) is 8.37.